The minimum atomic E-state index is -0.714. The molecule has 1 unspecified atom stereocenters. The molecule has 0 heterocycles. The molecule has 0 bridgehead atoms. The van der Waals surface area contributed by atoms with E-state index < -0.39 is 6.10 Å². The maximum absolute atomic E-state index is 11.8. The molecule has 1 N–H and O–H groups in total. The Balaban J connectivity index is -0.000000165. The topological polar surface area (TPSA) is 175 Å². The Bertz CT molecular complexity index is 991. The van der Waals surface area contributed by atoms with E-state index in [1.165, 1.54) is 0 Å². The number of aliphatic hydroxyl groups is 1. The van der Waals surface area contributed by atoms with Crippen molar-refractivity contribution in [2.45, 2.75) is 57.8 Å². The van der Waals surface area contributed by atoms with Crippen molar-refractivity contribution in [3.05, 3.63) is 112 Å². The fourth-order valence-corrected chi connectivity index (χ4v) is 2.86. The zero-order valence-electron chi connectivity index (χ0n) is 23.2. The molecule has 2 radical (unpaired) electrons. The molecule has 0 aliphatic heterocycles. The van der Waals surface area contributed by atoms with E-state index in [0.717, 1.165) is 18.4 Å². The number of aliphatic hydroxyl groups excluding tert-OH is 1. The number of ether oxygens (including phenoxy) is 2. The van der Waals surface area contributed by atoms with Gasteiger partial charge in [-0.1, -0.05) is 67.8 Å². The van der Waals surface area contributed by atoms with Gasteiger partial charge in [-0.3, -0.25) is 0 Å². The van der Waals surface area contributed by atoms with E-state index in [4.69, 9.17) is 37.4 Å². The molecule has 0 saturated heterocycles. The second-order valence-corrected chi connectivity index (χ2v) is 6.89. The molecule has 43 heavy (non-hydrogen) atoms. The first-order valence-electron chi connectivity index (χ1n) is 11.5. The molecular formula is C31H30Co2O10. The molecule has 0 amide bonds. The Morgan fingerprint density at radius 2 is 1.28 bits per heavy atom. The van der Waals surface area contributed by atoms with Gasteiger partial charge in [0.05, 0.1) is 24.9 Å². The molecule has 0 saturated carbocycles. The van der Waals surface area contributed by atoms with E-state index in [-0.39, 0.29) is 45.6 Å². The first-order valence-corrected chi connectivity index (χ1v) is 11.5. The summed E-state index contributed by atoms with van der Waals surface area (Å²) in [7, 11) is 0. The predicted molar refractivity (Wildman–Crippen MR) is 138 cm³/mol. The smallest absolute Gasteiger partial charge is 0 e. The van der Waals surface area contributed by atoms with Gasteiger partial charge in [0.15, 0.2) is 0 Å². The van der Waals surface area contributed by atoms with Crippen LogP contribution in [0.3, 0.4) is 0 Å². The van der Waals surface area contributed by atoms with Gasteiger partial charge in [0, 0.05) is 46.4 Å². The van der Waals surface area contributed by atoms with E-state index in [2.05, 4.69) is 58.7 Å². The van der Waals surface area contributed by atoms with Crippen LogP contribution in [0.2, 0.25) is 0 Å². The van der Waals surface area contributed by atoms with E-state index in [1.807, 2.05) is 36.4 Å². The molecule has 0 aromatic heterocycles. The molecule has 2 rings (SSSR count). The van der Waals surface area contributed by atoms with Crippen LogP contribution in [0.15, 0.2) is 60.7 Å². The zero-order valence-corrected chi connectivity index (χ0v) is 25.2. The molecule has 232 valence electrons. The van der Waals surface area contributed by atoms with Gasteiger partial charge >= 0.3 is 73.8 Å². The summed E-state index contributed by atoms with van der Waals surface area (Å²) >= 11 is 0. The number of carbonyl (C=O) groups excluding carboxylic acids is 1. The Hall–Kier alpha value is -3.16. The van der Waals surface area contributed by atoms with E-state index in [0.29, 0.717) is 38.0 Å². The van der Waals surface area contributed by atoms with E-state index in [1.54, 1.807) is 24.3 Å². The summed E-state index contributed by atoms with van der Waals surface area (Å²) in [5.41, 5.74) is 1.67. The Kier molecular flexibility index (Phi) is 66.8. The van der Waals surface area contributed by atoms with Crippen molar-refractivity contribution < 1.29 is 80.8 Å². The van der Waals surface area contributed by atoms with Crippen LogP contribution >= 0.6 is 0 Å². The molecule has 0 aliphatic rings. The molecule has 2 aromatic carbocycles. The van der Waals surface area contributed by atoms with Gasteiger partial charge in [0.25, 0.3) is 0 Å². The summed E-state index contributed by atoms with van der Waals surface area (Å²) in [6.07, 6.45) is 2.86. The van der Waals surface area contributed by atoms with Crippen LogP contribution in [0.25, 0.3) is 0 Å². The summed E-state index contributed by atoms with van der Waals surface area (Å²) in [5.74, 6) is 5.53. The van der Waals surface area contributed by atoms with Crippen molar-refractivity contribution in [1.29, 1.82) is 0 Å². The van der Waals surface area contributed by atoms with Crippen LogP contribution in [-0.2, 0) is 77.6 Å². The van der Waals surface area contributed by atoms with Gasteiger partial charge in [-0.05, 0) is 30.5 Å². The third-order valence-electron chi connectivity index (χ3n) is 4.38. The first-order chi connectivity index (χ1) is 20.2. The standard InChI is InChI=1S/C25H30O4.6CO.2Co/c1-2-12-24(29-20-21-13-6-3-7-14-21)19-23(26)17-10-5-11-18-28-25(27)22-15-8-4-9-16-22;6*1-2;;/h3-4,6-9,13-16,23-24,26H,2,5,11-12,18-20H2,1H3;;;;;;;;/t23?,24-;;;;;;;;/m0......../s1. The van der Waals surface area contributed by atoms with Crippen molar-refractivity contribution in [2.75, 3.05) is 6.61 Å². The average molecular weight is 680 g/mol. The van der Waals surface area contributed by atoms with Gasteiger partial charge in [-0.15, -0.1) is 5.92 Å². The average Bonchev–Trinajstić information content (AvgIpc) is 3.08. The molecular weight excluding hydrogens is 650 g/mol. The van der Waals surface area contributed by atoms with Crippen LogP contribution < -0.4 is 0 Å². The van der Waals surface area contributed by atoms with Crippen molar-refractivity contribution in [2.24, 2.45) is 0 Å². The summed E-state index contributed by atoms with van der Waals surface area (Å²) in [6.45, 7) is 30.0. The molecule has 12 heteroatoms. The minimum absolute atomic E-state index is 0. The SMILES string of the molecule is CCC[C@@H](CC(O)C#CCCCOC(=O)c1ccccc1)OCc1ccccc1.[C-]#[O+].[C-]#[O+].[C-]#[O+].[C-]#[O+].[C-]#[O+].[C-]#[O+].[Co].[Co]. The first kappa shape index (κ1) is 55.7. The van der Waals surface area contributed by atoms with Crippen molar-refractivity contribution in [1.82, 2.24) is 0 Å². The number of rotatable bonds is 11. The van der Waals surface area contributed by atoms with Crippen LogP contribution in [0, 0.1) is 51.7 Å². The number of benzene rings is 2. The van der Waals surface area contributed by atoms with Crippen LogP contribution in [0.4, 0.5) is 0 Å². The third kappa shape index (κ3) is 36.8. The van der Waals surface area contributed by atoms with Gasteiger partial charge in [0.1, 0.15) is 6.10 Å². The second kappa shape index (κ2) is 51.6. The fourth-order valence-electron chi connectivity index (χ4n) is 2.86. The number of hydrogen-bond donors (Lipinski definition) is 1. The molecule has 0 fully saturated rings. The quantitative estimate of drug-likeness (QED) is 0.121. The number of hydrogen-bond acceptors (Lipinski definition) is 4. The summed E-state index contributed by atoms with van der Waals surface area (Å²) in [5, 5.41) is 10.2. The maximum atomic E-state index is 11.8. The van der Waals surface area contributed by atoms with Gasteiger partial charge in [-0.25, -0.2) is 4.79 Å². The Labute approximate surface area is 274 Å². The van der Waals surface area contributed by atoms with Crippen molar-refractivity contribution in [3.8, 4) is 11.8 Å². The van der Waals surface area contributed by atoms with Gasteiger partial charge < -0.3 is 14.6 Å². The largest absolute Gasteiger partial charge is 0 e. The Morgan fingerprint density at radius 1 is 0.814 bits per heavy atom. The van der Waals surface area contributed by atoms with Gasteiger partial charge in [0.2, 0.25) is 0 Å². The van der Waals surface area contributed by atoms with E-state index >= 15 is 0 Å². The van der Waals surface area contributed by atoms with Gasteiger partial charge in [-0.2, -0.15) is 0 Å². The molecule has 2 aromatic rings. The van der Waals surface area contributed by atoms with Crippen molar-refractivity contribution >= 4 is 5.97 Å². The molecule has 2 atom stereocenters. The second-order valence-electron chi connectivity index (χ2n) is 6.89. The van der Waals surface area contributed by atoms with Crippen LogP contribution in [0.5, 0.6) is 0 Å². The number of carbonyl (C=O) groups is 1. The number of unbranched alkanes of at least 4 members (excludes halogenated alkanes) is 1. The molecule has 0 spiro atoms. The predicted octanol–water partition coefficient (Wildman–Crippen LogP) is 4.53. The Morgan fingerprint density at radius 3 is 1.74 bits per heavy atom. The fraction of sp³-hybridized carbons (Fsp3) is 0.323. The van der Waals surface area contributed by atoms with Crippen molar-refractivity contribution in [3.63, 3.8) is 0 Å². The summed E-state index contributed by atoms with van der Waals surface area (Å²) in [6, 6.07) is 18.9. The third-order valence-corrected chi connectivity index (χ3v) is 4.38. The van der Waals surface area contributed by atoms with E-state index in [9.17, 15) is 9.90 Å². The summed E-state index contributed by atoms with van der Waals surface area (Å²) < 4.78 is 56.2. The minimum Gasteiger partial charge on any atom is 0 e. The number of esters is 1. The van der Waals surface area contributed by atoms with Crippen LogP contribution in [-0.4, -0.2) is 29.9 Å². The maximum Gasteiger partial charge on any atom is 0 e. The zero-order chi connectivity index (χ0) is 32.7. The molecule has 10 nitrogen and oxygen atoms in total. The monoisotopic (exact) mass is 680 g/mol. The van der Waals surface area contributed by atoms with Crippen LogP contribution in [0.1, 0.15) is 54.9 Å². The normalized spacial score (nSPS) is 8.70. The summed E-state index contributed by atoms with van der Waals surface area (Å²) in [4.78, 5) is 11.8. The molecule has 0 aliphatic carbocycles.